The van der Waals surface area contributed by atoms with Crippen LogP contribution in [0.1, 0.15) is 12.5 Å². The Labute approximate surface area is 104 Å². The van der Waals surface area contributed by atoms with E-state index in [0.29, 0.717) is 21.6 Å². The number of aryl methyl sites for hydroxylation is 1. The lowest BCUT2D eigenvalue weighted by Gasteiger charge is -2.07. The van der Waals surface area contributed by atoms with Gasteiger partial charge in [0.25, 0.3) is 0 Å². The molecule has 0 unspecified atom stereocenters. The van der Waals surface area contributed by atoms with Gasteiger partial charge in [0.05, 0.1) is 16.9 Å². The van der Waals surface area contributed by atoms with Crippen LogP contribution in [-0.4, -0.2) is 9.78 Å². The zero-order chi connectivity index (χ0) is 11.7. The Balaban J connectivity index is 2.58. The van der Waals surface area contributed by atoms with E-state index in [2.05, 4.69) is 5.10 Å². The van der Waals surface area contributed by atoms with Gasteiger partial charge in [0.1, 0.15) is 5.82 Å². The first-order valence-electron chi connectivity index (χ1n) is 4.91. The topological polar surface area (TPSA) is 43.8 Å². The summed E-state index contributed by atoms with van der Waals surface area (Å²) in [6, 6.07) is 5.20. The minimum Gasteiger partial charge on any atom is -0.383 e. The number of benzene rings is 1. The number of aromatic nitrogens is 2. The third-order valence-electron chi connectivity index (χ3n) is 2.40. The minimum atomic E-state index is 0.571. The number of hydrogen-bond donors (Lipinski definition) is 1. The molecule has 2 aromatic rings. The molecule has 16 heavy (non-hydrogen) atoms. The number of rotatable bonds is 2. The van der Waals surface area contributed by atoms with Crippen LogP contribution >= 0.6 is 23.2 Å². The number of anilines is 1. The van der Waals surface area contributed by atoms with E-state index in [1.165, 1.54) is 0 Å². The van der Waals surface area contributed by atoms with E-state index >= 15 is 0 Å². The molecule has 0 atom stereocenters. The van der Waals surface area contributed by atoms with Gasteiger partial charge in [0, 0.05) is 10.6 Å². The Hall–Kier alpha value is -1.19. The molecule has 0 aliphatic rings. The monoisotopic (exact) mass is 255 g/mol. The lowest BCUT2D eigenvalue weighted by Crippen LogP contribution is -2.03. The van der Waals surface area contributed by atoms with Gasteiger partial charge in [-0.25, -0.2) is 4.68 Å². The summed E-state index contributed by atoms with van der Waals surface area (Å²) < 4.78 is 1.60. The van der Waals surface area contributed by atoms with Gasteiger partial charge in [-0.05, 0) is 24.6 Å². The standard InChI is InChI=1S/C11H11Cl2N3/c1-2-7-6-15-16(11(7)14)10-5-8(12)3-4-9(10)13/h3-6H,2,14H2,1H3. The van der Waals surface area contributed by atoms with Crippen molar-refractivity contribution in [3.63, 3.8) is 0 Å². The first kappa shape index (κ1) is 11.3. The van der Waals surface area contributed by atoms with E-state index in [1.807, 2.05) is 6.92 Å². The summed E-state index contributed by atoms with van der Waals surface area (Å²) in [7, 11) is 0. The lowest BCUT2D eigenvalue weighted by molar-refractivity contribution is 0.891. The van der Waals surface area contributed by atoms with Gasteiger partial charge in [0.2, 0.25) is 0 Å². The smallest absolute Gasteiger partial charge is 0.130 e. The number of halogens is 2. The van der Waals surface area contributed by atoms with Crippen molar-refractivity contribution in [2.24, 2.45) is 0 Å². The molecule has 1 aromatic heterocycles. The molecule has 1 heterocycles. The van der Waals surface area contributed by atoms with Crippen LogP contribution in [0, 0.1) is 0 Å². The average molecular weight is 256 g/mol. The van der Waals surface area contributed by atoms with Crippen LogP contribution in [0.4, 0.5) is 5.82 Å². The van der Waals surface area contributed by atoms with Crippen LogP contribution in [-0.2, 0) is 6.42 Å². The van der Waals surface area contributed by atoms with Crippen LogP contribution in [0.3, 0.4) is 0 Å². The molecule has 0 fully saturated rings. The summed E-state index contributed by atoms with van der Waals surface area (Å²) in [5.74, 6) is 0.603. The third kappa shape index (κ3) is 1.88. The van der Waals surface area contributed by atoms with E-state index in [0.717, 1.165) is 12.0 Å². The molecule has 0 saturated heterocycles. The van der Waals surface area contributed by atoms with Crippen molar-refractivity contribution >= 4 is 29.0 Å². The second kappa shape index (κ2) is 4.36. The molecule has 1 aromatic carbocycles. The Kier molecular flexibility index (Phi) is 3.08. The van der Waals surface area contributed by atoms with Crippen LogP contribution in [0.2, 0.25) is 10.0 Å². The largest absolute Gasteiger partial charge is 0.383 e. The summed E-state index contributed by atoms with van der Waals surface area (Å²) in [6.45, 7) is 2.03. The van der Waals surface area contributed by atoms with Gasteiger partial charge in [-0.1, -0.05) is 30.1 Å². The zero-order valence-electron chi connectivity index (χ0n) is 8.74. The summed E-state index contributed by atoms with van der Waals surface area (Å²) in [5, 5.41) is 5.38. The number of hydrogen-bond acceptors (Lipinski definition) is 2. The van der Waals surface area contributed by atoms with Crippen LogP contribution < -0.4 is 5.73 Å². The van der Waals surface area contributed by atoms with Crippen molar-refractivity contribution in [1.29, 1.82) is 0 Å². The van der Waals surface area contributed by atoms with Crippen molar-refractivity contribution < 1.29 is 0 Å². The fourth-order valence-electron chi connectivity index (χ4n) is 1.50. The highest BCUT2D eigenvalue weighted by atomic mass is 35.5. The van der Waals surface area contributed by atoms with Gasteiger partial charge >= 0.3 is 0 Å². The molecule has 0 radical (unpaired) electrons. The molecule has 0 aliphatic heterocycles. The summed E-state index contributed by atoms with van der Waals surface area (Å²) >= 11 is 12.0. The first-order valence-corrected chi connectivity index (χ1v) is 5.67. The third-order valence-corrected chi connectivity index (χ3v) is 2.96. The average Bonchev–Trinajstić information content (AvgIpc) is 2.63. The van der Waals surface area contributed by atoms with Gasteiger partial charge in [-0.2, -0.15) is 5.10 Å². The maximum Gasteiger partial charge on any atom is 0.130 e. The fraction of sp³-hybridized carbons (Fsp3) is 0.182. The van der Waals surface area contributed by atoms with Crippen molar-refractivity contribution in [3.05, 3.63) is 40.0 Å². The molecule has 5 heteroatoms. The molecular weight excluding hydrogens is 245 g/mol. The minimum absolute atomic E-state index is 0.571. The molecule has 2 N–H and O–H groups in total. The quantitative estimate of drug-likeness (QED) is 0.895. The maximum absolute atomic E-state index is 6.08. The van der Waals surface area contributed by atoms with Gasteiger partial charge < -0.3 is 5.73 Å². The Morgan fingerprint density at radius 1 is 1.38 bits per heavy atom. The van der Waals surface area contributed by atoms with Crippen molar-refractivity contribution in [2.75, 3.05) is 5.73 Å². The van der Waals surface area contributed by atoms with Crippen molar-refractivity contribution in [2.45, 2.75) is 13.3 Å². The van der Waals surface area contributed by atoms with E-state index in [9.17, 15) is 0 Å². The number of nitrogens with zero attached hydrogens (tertiary/aromatic N) is 2. The molecule has 0 amide bonds. The molecule has 2 rings (SSSR count). The Morgan fingerprint density at radius 3 is 2.75 bits per heavy atom. The Bertz CT molecular complexity index is 520. The first-order chi connectivity index (χ1) is 7.63. The van der Waals surface area contributed by atoms with E-state index in [4.69, 9.17) is 28.9 Å². The summed E-state index contributed by atoms with van der Waals surface area (Å²) in [6.07, 6.45) is 2.58. The van der Waals surface area contributed by atoms with Crippen LogP contribution in [0.25, 0.3) is 5.69 Å². The molecule has 0 saturated carbocycles. The lowest BCUT2D eigenvalue weighted by atomic mass is 10.2. The summed E-state index contributed by atoms with van der Waals surface area (Å²) in [4.78, 5) is 0. The predicted molar refractivity (Wildman–Crippen MR) is 67.4 cm³/mol. The normalized spacial score (nSPS) is 10.7. The van der Waals surface area contributed by atoms with E-state index in [-0.39, 0.29) is 0 Å². The fourth-order valence-corrected chi connectivity index (χ4v) is 1.87. The molecule has 0 spiro atoms. The van der Waals surface area contributed by atoms with E-state index in [1.54, 1.807) is 29.1 Å². The van der Waals surface area contributed by atoms with Gasteiger partial charge in [-0.15, -0.1) is 0 Å². The van der Waals surface area contributed by atoms with E-state index < -0.39 is 0 Å². The second-order valence-electron chi connectivity index (χ2n) is 3.42. The SMILES string of the molecule is CCc1cnn(-c2cc(Cl)ccc2Cl)c1N. The molecule has 84 valence electrons. The highest BCUT2D eigenvalue weighted by Gasteiger charge is 2.10. The molecule has 3 nitrogen and oxygen atoms in total. The second-order valence-corrected chi connectivity index (χ2v) is 4.26. The highest BCUT2D eigenvalue weighted by molar-refractivity contribution is 6.34. The maximum atomic E-state index is 6.08. The number of nitrogens with two attached hydrogens (primary N) is 1. The molecule has 0 aliphatic carbocycles. The van der Waals surface area contributed by atoms with Gasteiger partial charge in [-0.3, -0.25) is 0 Å². The highest BCUT2D eigenvalue weighted by Crippen LogP contribution is 2.26. The van der Waals surface area contributed by atoms with Gasteiger partial charge in [0.15, 0.2) is 0 Å². The number of nitrogen functional groups attached to an aromatic ring is 1. The van der Waals surface area contributed by atoms with Crippen molar-refractivity contribution in [1.82, 2.24) is 9.78 Å². The zero-order valence-corrected chi connectivity index (χ0v) is 10.3. The molecular formula is C11H11Cl2N3. The van der Waals surface area contributed by atoms with Crippen LogP contribution in [0.5, 0.6) is 0 Å². The summed E-state index contributed by atoms with van der Waals surface area (Å²) in [5.41, 5.74) is 7.66. The molecule has 0 bridgehead atoms. The predicted octanol–water partition coefficient (Wildman–Crippen LogP) is 3.32. The Morgan fingerprint density at radius 2 is 2.12 bits per heavy atom. The van der Waals surface area contributed by atoms with Crippen LogP contribution in [0.15, 0.2) is 24.4 Å². The van der Waals surface area contributed by atoms with Crippen molar-refractivity contribution in [3.8, 4) is 5.69 Å².